The molecule has 1 rings (SSSR count). The number of benzene rings is 1. The zero-order valence-electron chi connectivity index (χ0n) is 11.2. The number of hydrogen-bond donors (Lipinski definition) is 2. The van der Waals surface area contributed by atoms with Crippen LogP contribution < -0.4 is 16.2 Å². The van der Waals surface area contributed by atoms with E-state index in [1.807, 2.05) is 0 Å². The highest BCUT2D eigenvalue weighted by molar-refractivity contribution is 5.21. The van der Waals surface area contributed by atoms with Gasteiger partial charge in [0.2, 0.25) is 0 Å². The Morgan fingerprint density at radius 2 is 1.84 bits per heavy atom. The molecule has 0 amide bonds. The van der Waals surface area contributed by atoms with E-state index in [2.05, 4.69) is 13.2 Å². The lowest BCUT2D eigenvalue weighted by Gasteiger charge is -2.07. The molecule has 0 aliphatic heterocycles. The SMILES string of the molecule is C=CC(N)CCCOc1ccc(F)cc1.C=CCN. The minimum absolute atomic E-state index is 0.0295. The second kappa shape index (κ2) is 11.4. The Labute approximate surface area is 114 Å². The van der Waals surface area contributed by atoms with Crippen molar-refractivity contribution in [3.63, 3.8) is 0 Å². The summed E-state index contributed by atoms with van der Waals surface area (Å²) in [5.74, 6) is 0.430. The highest BCUT2D eigenvalue weighted by Crippen LogP contribution is 2.11. The first kappa shape index (κ1) is 17.4. The van der Waals surface area contributed by atoms with Crippen molar-refractivity contribution >= 4 is 0 Å². The minimum atomic E-state index is -0.254. The van der Waals surface area contributed by atoms with Crippen molar-refractivity contribution < 1.29 is 9.13 Å². The van der Waals surface area contributed by atoms with Crippen LogP contribution in [0.1, 0.15) is 12.8 Å². The third-order valence-corrected chi connectivity index (χ3v) is 2.23. The molecule has 1 unspecified atom stereocenters. The fourth-order valence-electron chi connectivity index (χ4n) is 1.16. The fourth-order valence-corrected chi connectivity index (χ4v) is 1.16. The van der Waals surface area contributed by atoms with E-state index in [-0.39, 0.29) is 11.9 Å². The van der Waals surface area contributed by atoms with Gasteiger partial charge in [-0.25, -0.2) is 4.39 Å². The maximum absolute atomic E-state index is 12.5. The molecule has 0 aromatic heterocycles. The summed E-state index contributed by atoms with van der Waals surface area (Å²) in [5, 5.41) is 0. The average molecular weight is 266 g/mol. The fraction of sp³-hybridized carbons (Fsp3) is 0.333. The summed E-state index contributed by atoms with van der Waals surface area (Å²) in [5.41, 5.74) is 10.6. The third-order valence-electron chi connectivity index (χ3n) is 2.23. The Morgan fingerprint density at radius 1 is 1.26 bits per heavy atom. The van der Waals surface area contributed by atoms with Gasteiger partial charge in [0.15, 0.2) is 0 Å². The molecular formula is C15H23FN2O. The van der Waals surface area contributed by atoms with E-state index >= 15 is 0 Å². The van der Waals surface area contributed by atoms with Crippen LogP contribution in [0.5, 0.6) is 5.75 Å². The van der Waals surface area contributed by atoms with Crippen LogP contribution >= 0.6 is 0 Å². The first-order chi connectivity index (χ1) is 9.13. The zero-order chi connectivity index (χ0) is 14.5. The Hall–Kier alpha value is -1.65. The topological polar surface area (TPSA) is 61.3 Å². The van der Waals surface area contributed by atoms with Gasteiger partial charge in [-0.1, -0.05) is 12.2 Å². The number of hydrogen-bond acceptors (Lipinski definition) is 3. The van der Waals surface area contributed by atoms with E-state index in [9.17, 15) is 4.39 Å². The van der Waals surface area contributed by atoms with E-state index in [0.29, 0.717) is 18.9 Å². The quantitative estimate of drug-likeness (QED) is 0.589. The van der Waals surface area contributed by atoms with Gasteiger partial charge >= 0.3 is 0 Å². The van der Waals surface area contributed by atoms with Crippen LogP contribution in [-0.4, -0.2) is 19.2 Å². The summed E-state index contributed by atoms with van der Waals surface area (Å²) >= 11 is 0. The maximum atomic E-state index is 12.5. The standard InChI is InChI=1S/C12H16FNO.C3H7N/c1-2-11(14)4-3-9-15-12-7-5-10(13)6-8-12;1-2-3-4/h2,5-8,11H,1,3-4,9,14H2;2H,1,3-4H2. The molecular weight excluding hydrogens is 243 g/mol. The van der Waals surface area contributed by atoms with Gasteiger partial charge in [0.05, 0.1) is 6.61 Å². The van der Waals surface area contributed by atoms with Crippen molar-refractivity contribution in [1.29, 1.82) is 0 Å². The van der Waals surface area contributed by atoms with Crippen molar-refractivity contribution in [3.8, 4) is 5.75 Å². The zero-order valence-corrected chi connectivity index (χ0v) is 11.2. The Bertz CT molecular complexity index is 352. The average Bonchev–Trinajstić information content (AvgIpc) is 2.45. The lowest BCUT2D eigenvalue weighted by Crippen LogP contribution is -2.17. The van der Waals surface area contributed by atoms with Gasteiger partial charge in [0.25, 0.3) is 0 Å². The number of halogens is 1. The molecule has 0 saturated carbocycles. The summed E-state index contributed by atoms with van der Waals surface area (Å²) in [6.07, 6.45) is 5.09. The van der Waals surface area contributed by atoms with E-state index in [1.165, 1.54) is 12.1 Å². The summed E-state index contributed by atoms with van der Waals surface area (Å²) in [4.78, 5) is 0. The highest BCUT2D eigenvalue weighted by Gasteiger charge is 1.97. The molecule has 0 saturated heterocycles. The third kappa shape index (κ3) is 10.00. The van der Waals surface area contributed by atoms with Crippen molar-refractivity contribution in [2.75, 3.05) is 13.2 Å². The summed E-state index contributed by atoms with van der Waals surface area (Å²) in [7, 11) is 0. The van der Waals surface area contributed by atoms with Crippen LogP contribution in [-0.2, 0) is 0 Å². The van der Waals surface area contributed by atoms with Crippen LogP contribution in [0.25, 0.3) is 0 Å². The molecule has 0 radical (unpaired) electrons. The first-order valence-electron chi connectivity index (χ1n) is 6.21. The molecule has 4 N–H and O–H groups in total. The van der Waals surface area contributed by atoms with Crippen molar-refractivity contribution in [2.45, 2.75) is 18.9 Å². The van der Waals surface area contributed by atoms with E-state index < -0.39 is 0 Å². The molecule has 0 aliphatic rings. The molecule has 1 aromatic carbocycles. The van der Waals surface area contributed by atoms with Gasteiger partial charge in [0, 0.05) is 12.6 Å². The normalized spacial score (nSPS) is 10.9. The summed E-state index contributed by atoms with van der Waals surface area (Å²) in [6.45, 7) is 8.13. The second-order valence-electron chi connectivity index (χ2n) is 3.87. The van der Waals surface area contributed by atoms with Crippen LogP contribution in [0, 0.1) is 5.82 Å². The van der Waals surface area contributed by atoms with E-state index in [1.54, 1.807) is 24.3 Å². The lowest BCUT2D eigenvalue weighted by atomic mass is 10.2. The molecule has 0 fully saturated rings. The van der Waals surface area contributed by atoms with Crippen molar-refractivity contribution in [1.82, 2.24) is 0 Å². The molecule has 0 spiro atoms. The van der Waals surface area contributed by atoms with Crippen LogP contribution in [0.2, 0.25) is 0 Å². The molecule has 0 aliphatic carbocycles. The van der Waals surface area contributed by atoms with Gasteiger partial charge in [-0.15, -0.1) is 13.2 Å². The van der Waals surface area contributed by atoms with Gasteiger partial charge in [-0.2, -0.15) is 0 Å². The smallest absolute Gasteiger partial charge is 0.123 e. The first-order valence-corrected chi connectivity index (χ1v) is 6.21. The number of ether oxygens (including phenoxy) is 1. The summed E-state index contributed by atoms with van der Waals surface area (Å²) in [6, 6.07) is 6.02. The van der Waals surface area contributed by atoms with Gasteiger partial charge in [-0.05, 0) is 37.1 Å². The maximum Gasteiger partial charge on any atom is 0.123 e. The molecule has 4 heteroatoms. The van der Waals surface area contributed by atoms with Gasteiger partial charge in [0.1, 0.15) is 11.6 Å². The largest absolute Gasteiger partial charge is 0.494 e. The Kier molecular flexibility index (Phi) is 10.4. The lowest BCUT2D eigenvalue weighted by molar-refractivity contribution is 0.304. The molecule has 106 valence electrons. The second-order valence-corrected chi connectivity index (χ2v) is 3.87. The predicted octanol–water partition coefficient (Wildman–Crippen LogP) is 2.63. The van der Waals surface area contributed by atoms with Crippen molar-refractivity contribution in [3.05, 3.63) is 55.4 Å². The number of rotatable bonds is 7. The molecule has 1 aromatic rings. The van der Waals surface area contributed by atoms with Crippen LogP contribution in [0.3, 0.4) is 0 Å². The predicted molar refractivity (Wildman–Crippen MR) is 78.6 cm³/mol. The number of nitrogens with two attached hydrogens (primary N) is 2. The van der Waals surface area contributed by atoms with Gasteiger partial charge in [-0.3, -0.25) is 0 Å². The Morgan fingerprint density at radius 3 is 2.32 bits per heavy atom. The van der Waals surface area contributed by atoms with Gasteiger partial charge < -0.3 is 16.2 Å². The van der Waals surface area contributed by atoms with E-state index in [0.717, 1.165) is 12.8 Å². The molecule has 19 heavy (non-hydrogen) atoms. The molecule has 0 bridgehead atoms. The minimum Gasteiger partial charge on any atom is -0.494 e. The van der Waals surface area contributed by atoms with Crippen LogP contribution in [0.4, 0.5) is 4.39 Å². The molecule has 0 heterocycles. The Balaban J connectivity index is 0.000000711. The van der Waals surface area contributed by atoms with E-state index in [4.69, 9.17) is 16.2 Å². The molecule has 3 nitrogen and oxygen atoms in total. The van der Waals surface area contributed by atoms with Crippen LogP contribution in [0.15, 0.2) is 49.6 Å². The monoisotopic (exact) mass is 266 g/mol. The summed E-state index contributed by atoms with van der Waals surface area (Å²) < 4.78 is 17.9. The van der Waals surface area contributed by atoms with Crippen molar-refractivity contribution in [2.24, 2.45) is 11.5 Å². The molecule has 1 atom stereocenters. The highest BCUT2D eigenvalue weighted by atomic mass is 19.1.